The van der Waals surface area contributed by atoms with E-state index in [2.05, 4.69) is 24.4 Å². The van der Waals surface area contributed by atoms with E-state index in [0.717, 1.165) is 6.07 Å². The molecule has 0 atom stereocenters. The van der Waals surface area contributed by atoms with Crippen LogP contribution in [0.15, 0.2) is 70.5 Å². The summed E-state index contributed by atoms with van der Waals surface area (Å²) in [6.45, 7) is 1.63. The minimum Gasteiger partial charge on any atom is -0.496 e. The van der Waals surface area contributed by atoms with Gasteiger partial charge in [0.2, 0.25) is 0 Å². The van der Waals surface area contributed by atoms with E-state index >= 15 is 4.39 Å². The van der Waals surface area contributed by atoms with E-state index in [1.165, 1.54) is 56.1 Å². The van der Waals surface area contributed by atoms with Crippen molar-refractivity contribution in [1.29, 1.82) is 0 Å². The summed E-state index contributed by atoms with van der Waals surface area (Å²) < 4.78 is 67.5. The predicted octanol–water partition coefficient (Wildman–Crippen LogP) is 6.00. The Labute approximate surface area is 214 Å². The van der Waals surface area contributed by atoms with Gasteiger partial charge in [-0.1, -0.05) is 16.8 Å². The highest BCUT2D eigenvalue weighted by molar-refractivity contribution is 7.92. The van der Waals surface area contributed by atoms with Crippen LogP contribution in [0.25, 0.3) is 33.3 Å². The summed E-state index contributed by atoms with van der Waals surface area (Å²) in [7, 11) is -2.56. The Morgan fingerprint density at radius 2 is 1.81 bits per heavy atom. The lowest BCUT2D eigenvalue weighted by molar-refractivity contribution is 0.415. The van der Waals surface area contributed by atoms with Crippen LogP contribution in [0.4, 0.5) is 14.6 Å². The minimum atomic E-state index is -3.98. The molecule has 5 aromatic rings. The highest BCUT2D eigenvalue weighted by atomic mass is 35.5. The average Bonchev–Trinajstić information content (AvgIpc) is 3.38. The molecule has 5 rings (SSSR count). The van der Waals surface area contributed by atoms with Gasteiger partial charge in [0.25, 0.3) is 10.0 Å². The summed E-state index contributed by atoms with van der Waals surface area (Å²) in [4.78, 5) is 8.41. The Morgan fingerprint density at radius 1 is 1.00 bits per heavy atom. The second-order valence-electron chi connectivity index (χ2n) is 8.01. The van der Waals surface area contributed by atoms with E-state index in [0.29, 0.717) is 33.3 Å². The van der Waals surface area contributed by atoms with Crippen molar-refractivity contribution >= 4 is 38.3 Å². The molecule has 1 N–H and O–H groups in total. The van der Waals surface area contributed by atoms with Gasteiger partial charge in [0.05, 0.1) is 28.2 Å². The number of nitrogens with one attached hydrogen (secondary N) is 1. The number of anilines is 1. The molecule has 0 aliphatic rings. The molecule has 0 aliphatic carbocycles. The maximum Gasteiger partial charge on any atom is 0.263 e. The van der Waals surface area contributed by atoms with Crippen molar-refractivity contribution in [3.63, 3.8) is 0 Å². The van der Waals surface area contributed by atoms with Crippen molar-refractivity contribution < 1.29 is 26.5 Å². The van der Waals surface area contributed by atoms with Crippen molar-refractivity contribution in [2.45, 2.75) is 11.8 Å². The van der Waals surface area contributed by atoms with Crippen molar-refractivity contribution in [2.75, 3.05) is 11.8 Å². The number of halogens is 3. The molecule has 0 radical (unpaired) electrons. The van der Waals surface area contributed by atoms with Gasteiger partial charge in [0, 0.05) is 22.6 Å². The number of aromatic nitrogens is 3. The van der Waals surface area contributed by atoms with Gasteiger partial charge in [0.15, 0.2) is 5.82 Å². The van der Waals surface area contributed by atoms with Gasteiger partial charge in [-0.3, -0.25) is 4.72 Å². The Morgan fingerprint density at radius 3 is 2.51 bits per heavy atom. The van der Waals surface area contributed by atoms with E-state index in [-0.39, 0.29) is 27.0 Å². The molecule has 0 spiro atoms. The minimum absolute atomic E-state index is 0.0273. The SMILES string of the molecule is COc1cc(-c2cc(C)c(Cl)c(F)c2)c(F)cc1-c1ncnc2cc(S(=O)(=O)Nc3ccon3)ccc12. The number of fused-ring (bicyclic) bond motifs is 1. The van der Waals surface area contributed by atoms with Crippen molar-refractivity contribution in [3.05, 3.63) is 83.3 Å². The van der Waals surface area contributed by atoms with Crippen LogP contribution in [-0.2, 0) is 10.0 Å². The first kappa shape index (κ1) is 24.6. The molecule has 0 amide bonds. The quantitative estimate of drug-likeness (QED) is 0.280. The molecule has 37 heavy (non-hydrogen) atoms. The monoisotopic (exact) mass is 542 g/mol. The van der Waals surface area contributed by atoms with Crippen LogP contribution in [0.1, 0.15) is 5.56 Å². The summed E-state index contributed by atoms with van der Waals surface area (Å²) >= 11 is 5.91. The lowest BCUT2D eigenvalue weighted by Crippen LogP contribution is -2.13. The topological polar surface area (TPSA) is 107 Å². The fraction of sp³-hybridized carbons (Fsp3) is 0.0800. The maximum absolute atomic E-state index is 15.3. The number of benzene rings is 3. The molecule has 0 saturated heterocycles. The van der Waals surface area contributed by atoms with Crippen LogP contribution < -0.4 is 9.46 Å². The lowest BCUT2D eigenvalue weighted by Gasteiger charge is -2.14. The Hall–Kier alpha value is -4.09. The van der Waals surface area contributed by atoms with Crippen molar-refractivity contribution in [1.82, 2.24) is 15.1 Å². The second-order valence-corrected chi connectivity index (χ2v) is 10.1. The van der Waals surface area contributed by atoms with Gasteiger partial charge in [-0.05, 0) is 60.5 Å². The fourth-order valence-electron chi connectivity index (χ4n) is 3.89. The number of sulfonamides is 1. The Bertz CT molecular complexity index is 1740. The zero-order valence-corrected chi connectivity index (χ0v) is 20.9. The second kappa shape index (κ2) is 9.41. The molecule has 8 nitrogen and oxygen atoms in total. The summed E-state index contributed by atoms with van der Waals surface area (Å²) in [6.07, 6.45) is 2.47. The third-order valence-corrected chi connectivity index (χ3v) is 7.49. The van der Waals surface area contributed by atoms with Gasteiger partial charge in [-0.15, -0.1) is 0 Å². The largest absolute Gasteiger partial charge is 0.496 e. The maximum atomic E-state index is 15.3. The molecule has 0 bridgehead atoms. The molecular formula is C25H17ClF2N4O4S. The molecule has 2 heterocycles. The molecule has 12 heteroatoms. The number of rotatable bonds is 6. The zero-order chi connectivity index (χ0) is 26.3. The molecule has 3 aromatic carbocycles. The van der Waals surface area contributed by atoms with Crippen LogP contribution in [-0.4, -0.2) is 30.7 Å². The van der Waals surface area contributed by atoms with E-state index in [1.807, 2.05) is 0 Å². The average molecular weight is 543 g/mol. The van der Waals surface area contributed by atoms with Crippen molar-refractivity contribution in [2.24, 2.45) is 0 Å². The number of hydrogen-bond acceptors (Lipinski definition) is 7. The van der Waals surface area contributed by atoms with Crippen LogP contribution in [0.5, 0.6) is 5.75 Å². The third kappa shape index (κ3) is 4.58. The van der Waals surface area contributed by atoms with Gasteiger partial charge in [-0.2, -0.15) is 0 Å². The normalized spacial score (nSPS) is 11.6. The van der Waals surface area contributed by atoms with Gasteiger partial charge in [0.1, 0.15) is 30.0 Å². The molecular weight excluding hydrogens is 526 g/mol. The summed E-state index contributed by atoms with van der Waals surface area (Å²) in [5.74, 6) is -1.00. The molecule has 0 unspecified atom stereocenters. The zero-order valence-electron chi connectivity index (χ0n) is 19.3. The molecule has 0 saturated carbocycles. The van der Waals surface area contributed by atoms with E-state index < -0.39 is 21.7 Å². The Balaban J connectivity index is 1.60. The third-order valence-electron chi connectivity index (χ3n) is 5.66. The first-order valence-corrected chi connectivity index (χ1v) is 12.6. The smallest absolute Gasteiger partial charge is 0.263 e. The standard InChI is InChI=1S/C25H17ClF2N4O4S/c1-13-7-14(8-20(28)24(13)26)17-11-22(35-2)18(10-19(17)27)25-16-4-3-15(9-21(16)29-12-30-25)37(33,34)32-23-5-6-36-31-23/h3-12H,1-2H3,(H,31,32). The first-order valence-electron chi connectivity index (χ1n) is 10.7. The molecule has 0 fully saturated rings. The van der Waals surface area contributed by atoms with Crippen LogP contribution in [0.3, 0.4) is 0 Å². The number of aryl methyl sites for hydroxylation is 1. The summed E-state index contributed by atoms with van der Waals surface area (Å²) in [5, 5.41) is 3.98. The van der Waals surface area contributed by atoms with Gasteiger partial charge < -0.3 is 9.26 Å². The highest BCUT2D eigenvalue weighted by Gasteiger charge is 2.21. The molecule has 0 aliphatic heterocycles. The number of nitrogens with zero attached hydrogens (tertiary/aromatic N) is 3. The van der Waals surface area contributed by atoms with Crippen LogP contribution in [0, 0.1) is 18.6 Å². The Kier molecular flexibility index (Phi) is 6.26. The molecule has 188 valence electrons. The van der Waals surface area contributed by atoms with E-state index in [1.54, 1.807) is 13.0 Å². The summed E-state index contributed by atoms with van der Waals surface area (Å²) in [6, 6.07) is 11.0. The van der Waals surface area contributed by atoms with E-state index in [4.69, 9.17) is 16.3 Å². The predicted molar refractivity (Wildman–Crippen MR) is 134 cm³/mol. The number of methoxy groups -OCH3 is 1. The highest BCUT2D eigenvalue weighted by Crippen LogP contribution is 2.39. The number of ether oxygens (including phenoxy) is 1. The van der Waals surface area contributed by atoms with E-state index in [9.17, 15) is 12.8 Å². The lowest BCUT2D eigenvalue weighted by atomic mass is 9.98. The van der Waals surface area contributed by atoms with Gasteiger partial charge in [-0.25, -0.2) is 27.2 Å². The first-order chi connectivity index (χ1) is 17.7. The van der Waals surface area contributed by atoms with Crippen molar-refractivity contribution in [3.8, 4) is 28.1 Å². The van der Waals surface area contributed by atoms with Crippen LogP contribution in [0.2, 0.25) is 5.02 Å². The van der Waals surface area contributed by atoms with Crippen LogP contribution >= 0.6 is 11.6 Å². The summed E-state index contributed by atoms with van der Waals surface area (Å²) in [5.41, 5.74) is 1.80. The fourth-order valence-corrected chi connectivity index (χ4v) is 5.01. The van der Waals surface area contributed by atoms with Gasteiger partial charge >= 0.3 is 0 Å². The number of hydrogen-bond donors (Lipinski definition) is 1. The molecule has 2 aromatic heterocycles.